The number of halogens is 2. The summed E-state index contributed by atoms with van der Waals surface area (Å²) in [7, 11) is 1.64. The molecule has 0 aliphatic heterocycles. The molecular formula is C11H12Cl2O. The van der Waals surface area contributed by atoms with E-state index in [0.717, 1.165) is 21.9 Å². The predicted octanol–water partition coefficient (Wildman–Crippen LogP) is 3.90. The van der Waals surface area contributed by atoms with E-state index in [4.69, 9.17) is 27.9 Å². The first-order valence-electron chi connectivity index (χ1n) is 4.24. The third kappa shape index (κ3) is 2.66. The number of hydrogen-bond donors (Lipinski definition) is 0. The lowest BCUT2D eigenvalue weighted by Gasteiger charge is -2.06. The first-order valence-corrected chi connectivity index (χ1v) is 5.16. The smallest absolute Gasteiger partial charge is 0.118 e. The molecule has 1 rings (SSSR count). The van der Waals surface area contributed by atoms with Gasteiger partial charge in [0.05, 0.1) is 7.11 Å². The van der Waals surface area contributed by atoms with Crippen LogP contribution < -0.4 is 4.74 Å². The first-order chi connectivity index (χ1) is 6.69. The van der Waals surface area contributed by atoms with Crippen LogP contribution in [-0.2, 0) is 0 Å². The van der Waals surface area contributed by atoms with Crippen molar-refractivity contribution in [3.63, 3.8) is 0 Å². The standard InChI is InChI=1S/C11H12Cl2O/c1-8(13)11(7-12)9-3-5-10(14-2)6-4-9/h3-6H,7H2,1-2H3/b11-8+. The minimum atomic E-state index is 0.418. The minimum Gasteiger partial charge on any atom is -0.497 e. The highest BCUT2D eigenvalue weighted by Crippen LogP contribution is 2.24. The average Bonchev–Trinajstić information content (AvgIpc) is 2.19. The lowest BCUT2D eigenvalue weighted by Crippen LogP contribution is -1.88. The molecule has 0 bridgehead atoms. The molecule has 0 atom stereocenters. The summed E-state index contributed by atoms with van der Waals surface area (Å²) >= 11 is 11.7. The molecule has 0 aliphatic rings. The van der Waals surface area contributed by atoms with E-state index in [1.54, 1.807) is 7.11 Å². The number of benzene rings is 1. The van der Waals surface area contributed by atoms with Gasteiger partial charge >= 0.3 is 0 Å². The van der Waals surface area contributed by atoms with Gasteiger partial charge in [-0.1, -0.05) is 23.7 Å². The molecule has 0 N–H and O–H groups in total. The molecule has 0 heterocycles. The molecule has 0 saturated heterocycles. The molecule has 0 aromatic heterocycles. The molecule has 1 aromatic rings. The normalized spacial score (nSPS) is 12.3. The second-order valence-corrected chi connectivity index (χ2v) is 3.71. The number of alkyl halides is 1. The Morgan fingerprint density at radius 3 is 2.21 bits per heavy atom. The highest BCUT2D eigenvalue weighted by atomic mass is 35.5. The van der Waals surface area contributed by atoms with Crippen LogP contribution in [0.4, 0.5) is 0 Å². The van der Waals surface area contributed by atoms with Crippen LogP contribution in [0.15, 0.2) is 29.3 Å². The van der Waals surface area contributed by atoms with E-state index in [9.17, 15) is 0 Å². The SMILES string of the molecule is COc1ccc(/C(CCl)=C(\C)Cl)cc1. The second-order valence-electron chi connectivity index (χ2n) is 2.87. The van der Waals surface area contributed by atoms with E-state index in [2.05, 4.69) is 0 Å². The van der Waals surface area contributed by atoms with Gasteiger partial charge in [-0.2, -0.15) is 0 Å². The summed E-state index contributed by atoms with van der Waals surface area (Å²) in [4.78, 5) is 0. The van der Waals surface area contributed by atoms with Gasteiger partial charge in [0.1, 0.15) is 5.75 Å². The maximum Gasteiger partial charge on any atom is 0.118 e. The quantitative estimate of drug-likeness (QED) is 0.716. The van der Waals surface area contributed by atoms with E-state index < -0.39 is 0 Å². The van der Waals surface area contributed by atoms with Crippen LogP contribution in [0.25, 0.3) is 5.57 Å². The van der Waals surface area contributed by atoms with Crippen LogP contribution >= 0.6 is 23.2 Å². The molecule has 76 valence electrons. The van der Waals surface area contributed by atoms with Crippen molar-refractivity contribution in [3.05, 3.63) is 34.9 Å². The Balaban J connectivity index is 3.02. The number of allylic oxidation sites excluding steroid dienone is 2. The molecule has 0 fully saturated rings. The maximum absolute atomic E-state index is 5.92. The zero-order valence-corrected chi connectivity index (χ0v) is 9.69. The van der Waals surface area contributed by atoms with Crippen molar-refractivity contribution in [2.45, 2.75) is 6.92 Å². The first kappa shape index (κ1) is 11.4. The topological polar surface area (TPSA) is 9.23 Å². The van der Waals surface area contributed by atoms with Crippen LogP contribution in [0, 0.1) is 0 Å². The molecule has 3 heteroatoms. The Labute approximate surface area is 94.3 Å². The summed E-state index contributed by atoms with van der Waals surface area (Å²) in [5, 5.41) is 0.727. The van der Waals surface area contributed by atoms with Crippen LogP contribution in [0.1, 0.15) is 12.5 Å². The third-order valence-corrected chi connectivity index (χ3v) is 2.48. The van der Waals surface area contributed by atoms with E-state index >= 15 is 0 Å². The average molecular weight is 231 g/mol. The van der Waals surface area contributed by atoms with Crippen LogP contribution in [-0.4, -0.2) is 13.0 Å². The van der Waals surface area contributed by atoms with Crippen molar-refractivity contribution < 1.29 is 4.74 Å². The van der Waals surface area contributed by atoms with Gasteiger partial charge in [0.2, 0.25) is 0 Å². The Kier molecular flexibility index (Phi) is 4.30. The number of hydrogen-bond acceptors (Lipinski definition) is 1. The Bertz CT molecular complexity index is 324. The van der Waals surface area contributed by atoms with Gasteiger partial charge in [-0.25, -0.2) is 0 Å². The van der Waals surface area contributed by atoms with Crippen molar-refractivity contribution in [2.75, 3.05) is 13.0 Å². The van der Waals surface area contributed by atoms with Gasteiger partial charge in [0.15, 0.2) is 0 Å². The number of ether oxygens (including phenoxy) is 1. The van der Waals surface area contributed by atoms with Crippen molar-refractivity contribution in [3.8, 4) is 5.75 Å². The fourth-order valence-electron chi connectivity index (χ4n) is 1.16. The minimum absolute atomic E-state index is 0.418. The molecule has 0 aliphatic carbocycles. The zero-order chi connectivity index (χ0) is 10.6. The molecule has 0 amide bonds. The van der Waals surface area contributed by atoms with Crippen LogP contribution in [0.3, 0.4) is 0 Å². The Morgan fingerprint density at radius 2 is 1.86 bits per heavy atom. The largest absolute Gasteiger partial charge is 0.497 e. The van der Waals surface area contributed by atoms with Gasteiger partial charge in [0, 0.05) is 10.9 Å². The van der Waals surface area contributed by atoms with Gasteiger partial charge in [-0.05, 0) is 30.2 Å². The maximum atomic E-state index is 5.92. The molecule has 1 aromatic carbocycles. The third-order valence-electron chi connectivity index (χ3n) is 1.99. The highest BCUT2D eigenvalue weighted by Gasteiger charge is 2.03. The lowest BCUT2D eigenvalue weighted by molar-refractivity contribution is 0.415. The summed E-state index contributed by atoms with van der Waals surface area (Å²) in [6.07, 6.45) is 0. The zero-order valence-electron chi connectivity index (χ0n) is 8.18. The summed E-state index contributed by atoms with van der Waals surface area (Å²) in [5.74, 6) is 1.25. The fraction of sp³-hybridized carbons (Fsp3) is 0.273. The van der Waals surface area contributed by atoms with E-state index in [1.807, 2.05) is 31.2 Å². The molecule has 14 heavy (non-hydrogen) atoms. The molecule has 1 nitrogen and oxygen atoms in total. The van der Waals surface area contributed by atoms with Crippen molar-refractivity contribution in [1.29, 1.82) is 0 Å². The van der Waals surface area contributed by atoms with Crippen molar-refractivity contribution in [1.82, 2.24) is 0 Å². The van der Waals surface area contributed by atoms with Crippen LogP contribution in [0.5, 0.6) is 5.75 Å². The van der Waals surface area contributed by atoms with Gasteiger partial charge < -0.3 is 4.74 Å². The second kappa shape index (κ2) is 5.28. The van der Waals surface area contributed by atoms with E-state index in [0.29, 0.717) is 5.88 Å². The Hall–Kier alpha value is -0.660. The summed E-state index contributed by atoms with van der Waals surface area (Å²) in [6.45, 7) is 1.84. The molecule has 0 spiro atoms. The summed E-state index contributed by atoms with van der Waals surface area (Å²) < 4.78 is 5.06. The monoisotopic (exact) mass is 230 g/mol. The number of rotatable bonds is 3. The van der Waals surface area contributed by atoms with Gasteiger partial charge in [-0.3, -0.25) is 0 Å². The van der Waals surface area contributed by atoms with Crippen molar-refractivity contribution >= 4 is 28.8 Å². The molecule has 0 saturated carbocycles. The van der Waals surface area contributed by atoms with Crippen LogP contribution in [0.2, 0.25) is 0 Å². The lowest BCUT2D eigenvalue weighted by atomic mass is 10.1. The van der Waals surface area contributed by atoms with E-state index in [-0.39, 0.29) is 0 Å². The molecular weight excluding hydrogens is 219 g/mol. The predicted molar refractivity (Wildman–Crippen MR) is 62.2 cm³/mol. The fourth-order valence-corrected chi connectivity index (χ4v) is 1.76. The summed E-state index contributed by atoms with van der Waals surface area (Å²) in [5.41, 5.74) is 1.99. The van der Waals surface area contributed by atoms with E-state index in [1.165, 1.54) is 0 Å². The highest BCUT2D eigenvalue weighted by molar-refractivity contribution is 6.34. The molecule has 0 unspecified atom stereocenters. The van der Waals surface area contributed by atoms with Crippen molar-refractivity contribution in [2.24, 2.45) is 0 Å². The summed E-state index contributed by atoms with van der Waals surface area (Å²) in [6, 6.07) is 7.67. The molecule has 0 radical (unpaired) electrons. The Morgan fingerprint density at radius 1 is 1.29 bits per heavy atom. The van der Waals surface area contributed by atoms with Gasteiger partial charge in [0.25, 0.3) is 0 Å². The van der Waals surface area contributed by atoms with Gasteiger partial charge in [-0.15, -0.1) is 11.6 Å². The number of methoxy groups -OCH3 is 1.